The average Bonchev–Trinajstić information content (AvgIpc) is 2.64. The standard InChI is InChI=1S/C19H18ClN3O2/c1-13-18(23-17-5-3-2-4-16(17)22-13)19(24)21-12-14-6-8-15(9-7-14)25-11-10-20/h2-9H,10-12H2,1H3,(H,21,24). The molecule has 1 N–H and O–H groups in total. The maximum absolute atomic E-state index is 12.4. The first kappa shape index (κ1) is 17.2. The number of para-hydroxylation sites is 2. The van der Waals surface area contributed by atoms with Gasteiger partial charge in [0.1, 0.15) is 18.1 Å². The Balaban J connectivity index is 1.67. The summed E-state index contributed by atoms with van der Waals surface area (Å²) in [7, 11) is 0. The predicted octanol–water partition coefficient (Wildman–Crippen LogP) is 3.49. The SMILES string of the molecule is Cc1nc2ccccc2nc1C(=O)NCc1ccc(OCCCl)cc1. The van der Waals surface area contributed by atoms with Crippen LogP contribution in [0.25, 0.3) is 11.0 Å². The summed E-state index contributed by atoms with van der Waals surface area (Å²) in [5.41, 5.74) is 3.42. The largest absolute Gasteiger partial charge is 0.492 e. The van der Waals surface area contributed by atoms with Gasteiger partial charge in [0.25, 0.3) is 5.91 Å². The van der Waals surface area contributed by atoms with Gasteiger partial charge >= 0.3 is 0 Å². The number of aryl methyl sites for hydroxylation is 1. The van der Waals surface area contributed by atoms with E-state index in [1.807, 2.05) is 48.5 Å². The molecule has 0 aliphatic carbocycles. The third-order valence-electron chi connectivity index (χ3n) is 3.68. The number of benzene rings is 2. The highest BCUT2D eigenvalue weighted by Crippen LogP contribution is 2.14. The lowest BCUT2D eigenvalue weighted by Gasteiger charge is -2.09. The van der Waals surface area contributed by atoms with Gasteiger partial charge in [0, 0.05) is 6.54 Å². The van der Waals surface area contributed by atoms with Crippen molar-refractivity contribution in [3.05, 3.63) is 65.5 Å². The zero-order chi connectivity index (χ0) is 17.6. The van der Waals surface area contributed by atoms with Crippen LogP contribution in [0.4, 0.5) is 0 Å². The molecule has 0 saturated heterocycles. The van der Waals surface area contributed by atoms with Crippen molar-refractivity contribution in [1.29, 1.82) is 0 Å². The molecule has 128 valence electrons. The minimum Gasteiger partial charge on any atom is -0.492 e. The van der Waals surface area contributed by atoms with Crippen molar-refractivity contribution in [2.45, 2.75) is 13.5 Å². The molecule has 3 aromatic rings. The Morgan fingerprint density at radius 2 is 1.76 bits per heavy atom. The first-order chi connectivity index (χ1) is 12.2. The van der Waals surface area contributed by atoms with Crippen molar-refractivity contribution in [3.8, 4) is 5.75 Å². The zero-order valence-corrected chi connectivity index (χ0v) is 14.6. The summed E-state index contributed by atoms with van der Waals surface area (Å²) < 4.78 is 5.42. The number of carbonyl (C=O) groups is 1. The van der Waals surface area contributed by atoms with E-state index in [1.54, 1.807) is 6.92 Å². The third kappa shape index (κ3) is 4.25. The number of amides is 1. The first-order valence-electron chi connectivity index (χ1n) is 7.96. The van der Waals surface area contributed by atoms with Gasteiger partial charge in [0.15, 0.2) is 0 Å². The number of hydrogen-bond donors (Lipinski definition) is 1. The molecule has 0 unspecified atom stereocenters. The van der Waals surface area contributed by atoms with E-state index in [9.17, 15) is 4.79 Å². The molecule has 0 bridgehead atoms. The maximum atomic E-state index is 12.4. The summed E-state index contributed by atoms with van der Waals surface area (Å²) in [6.07, 6.45) is 0. The van der Waals surface area contributed by atoms with Crippen LogP contribution in [-0.4, -0.2) is 28.4 Å². The molecule has 0 spiro atoms. The molecule has 3 rings (SSSR count). The van der Waals surface area contributed by atoms with Crippen molar-refractivity contribution in [1.82, 2.24) is 15.3 Å². The normalized spacial score (nSPS) is 10.6. The molecule has 5 nitrogen and oxygen atoms in total. The number of fused-ring (bicyclic) bond motifs is 1. The Hall–Kier alpha value is -2.66. The fraction of sp³-hybridized carbons (Fsp3) is 0.211. The fourth-order valence-electron chi connectivity index (χ4n) is 2.43. The lowest BCUT2D eigenvalue weighted by Crippen LogP contribution is -2.25. The van der Waals surface area contributed by atoms with E-state index in [0.29, 0.717) is 35.9 Å². The molecule has 0 aliphatic heterocycles. The number of alkyl halides is 1. The quantitative estimate of drug-likeness (QED) is 0.687. The summed E-state index contributed by atoms with van der Waals surface area (Å²) in [6, 6.07) is 15.0. The lowest BCUT2D eigenvalue weighted by molar-refractivity contribution is 0.0945. The van der Waals surface area contributed by atoms with E-state index in [2.05, 4.69) is 15.3 Å². The molecule has 2 aromatic carbocycles. The van der Waals surface area contributed by atoms with Gasteiger partial charge in [-0.1, -0.05) is 24.3 Å². The Kier molecular flexibility index (Phi) is 5.46. The van der Waals surface area contributed by atoms with Crippen LogP contribution in [0.2, 0.25) is 0 Å². The minimum atomic E-state index is -0.238. The van der Waals surface area contributed by atoms with Gasteiger partial charge in [-0.05, 0) is 36.8 Å². The van der Waals surface area contributed by atoms with Crippen LogP contribution < -0.4 is 10.1 Å². The zero-order valence-electron chi connectivity index (χ0n) is 13.8. The molecular formula is C19H18ClN3O2. The molecule has 1 amide bonds. The van der Waals surface area contributed by atoms with E-state index >= 15 is 0 Å². The van der Waals surface area contributed by atoms with Crippen molar-refractivity contribution >= 4 is 28.5 Å². The van der Waals surface area contributed by atoms with E-state index in [4.69, 9.17) is 16.3 Å². The summed E-state index contributed by atoms with van der Waals surface area (Å²) in [4.78, 5) is 21.3. The van der Waals surface area contributed by atoms with Gasteiger partial charge in [0.2, 0.25) is 0 Å². The summed E-state index contributed by atoms with van der Waals surface area (Å²) in [5.74, 6) is 0.967. The molecular weight excluding hydrogens is 338 g/mol. The van der Waals surface area contributed by atoms with Crippen molar-refractivity contribution < 1.29 is 9.53 Å². The number of halogens is 1. The third-order valence-corrected chi connectivity index (χ3v) is 3.84. The van der Waals surface area contributed by atoms with Gasteiger partial charge in [-0.2, -0.15) is 0 Å². The second kappa shape index (κ2) is 7.94. The smallest absolute Gasteiger partial charge is 0.272 e. The lowest BCUT2D eigenvalue weighted by atomic mass is 10.2. The molecule has 0 aliphatic rings. The molecule has 0 fully saturated rings. The minimum absolute atomic E-state index is 0.238. The van der Waals surface area contributed by atoms with Crippen LogP contribution in [0.1, 0.15) is 21.7 Å². The Morgan fingerprint density at radius 3 is 2.44 bits per heavy atom. The van der Waals surface area contributed by atoms with Gasteiger partial charge in [0.05, 0.1) is 22.6 Å². The molecule has 1 heterocycles. The molecule has 0 saturated carbocycles. The van der Waals surface area contributed by atoms with Crippen LogP contribution in [-0.2, 0) is 6.54 Å². The summed E-state index contributed by atoms with van der Waals surface area (Å²) in [6.45, 7) is 2.66. The number of carbonyl (C=O) groups excluding carboxylic acids is 1. The highest BCUT2D eigenvalue weighted by molar-refractivity contribution is 6.18. The van der Waals surface area contributed by atoms with Gasteiger partial charge in [-0.3, -0.25) is 4.79 Å². The number of nitrogens with zero attached hydrogens (tertiary/aromatic N) is 2. The molecule has 0 radical (unpaired) electrons. The van der Waals surface area contributed by atoms with Gasteiger partial charge < -0.3 is 10.1 Å². The Labute approximate surface area is 151 Å². The summed E-state index contributed by atoms with van der Waals surface area (Å²) >= 11 is 5.59. The second-order valence-corrected chi connectivity index (χ2v) is 5.89. The monoisotopic (exact) mass is 355 g/mol. The topological polar surface area (TPSA) is 64.1 Å². The van der Waals surface area contributed by atoms with Gasteiger partial charge in [-0.15, -0.1) is 11.6 Å². The maximum Gasteiger partial charge on any atom is 0.272 e. The number of ether oxygens (including phenoxy) is 1. The highest BCUT2D eigenvalue weighted by atomic mass is 35.5. The van der Waals surface area contributed by atoms with E-state index in [0.717, 1.165) is 16.8 Å². The van der Waals surface area contributed by atoms with Gasteiger partial charge in [-0.25, -0.2) is 9.97 Å². The van der Waals surface area contributed by atoms with Crippen molar-refractivity contribution in [3.63, 3.8) is 0 Å². The molecule has 0 atom stereocenters. The second-order valence-electron chi connectivity index (χ2n) is 5.51. The Morgan fingerprint density at radius 1 is 1.08 bits per heavy atom. The molecule has 1 aromatic heterocycles. The number of hydrogen-bond acceptors (Lipinski definition) is 4. The van der Waals surface area contributed by atoms with Crippen LogP contribution in [0.15, 0.2) is 48.5 Å². The van der Waals surface area contributed by atoms with E-state index < -0.39 is 0 Å². The number of nitrogens with one attached hydrogen (secondary N) is 1. The van der Waals surface area contributed by atoms with E-state index in [1.165, 1.54) is 0 Å². The summed E-state index contributed by atoms with van der Waals surface area (Å²) in [5, 5.41) is 2.88. The van der Waals surface area contributed by atoms with Crippen LogP contribution in [0.5, 0.6) is 5.75 Å². The highest BCUT2D eigenvalue weighted by Gasteiger charge is 2.13. The van der Waals surface area contributed by atoms with Crippen LogP contribution in [0, 0.1) is 6.92 Å². The van der Waals surface area contributed by atoms with Crippen LogP contribution in [0.3, 0.4) is 0 Å². The van der Waals surface area contributed by atoms with Crippen LogP contribution >= 0.6 is 11.6 Å². The van der Waals surface area contributed by atoms with E-state index in [-0.39, 0.29) is 5.91 Å². The Bertz CT molecular complexity index is 881. The average molecular weight is 356 g/mol. The number of rotatable bonds is 6. The van der Waals surface area contributed by atoms with Crippen molar-refractivity contribution in [2.24, 2.45) is 0 Å². The first-order valence-corrected chi connectivity index (χ1v) is 8.50. The molecule has 25 heavy (non-hydrogen) atoms. The fourth-order valence-corrected chi connectivity index (χ4v) is 2.51. The molecule has 6 heteroatoms. The number of aromatic nitrogens is 2. The van der Waals surface area contributed by atoms with Crippen molar-refractivity contribution in [2.75, 3.05) is 12.5 Å². The predicted molar refractivity (Wildman–Crippen MR) is 98.1 cm³/mol.